The fraction of sp³-hybridized carbons (Fsp3) is 0.0435. The van der Waals surface area contributed by atoms with Crippen LogP contribution in [0.15, 0.2) is 101 Å². The van der Waals surface area contributed by atoms with E-state index in [9.17, 15) is 13.2 Å². The Morgan fingerprint density at radius 1 is 1.00 bits per heavy atom. The highest BCUT2D eigenvalue weighted by Crippen LogP contribution is 2.18. The van der Waals surface area contributed by atoms with Crippen LogP contribution in [0.5, 0.6) is 0 Å². The summed E-state index contributed by atoms with van der Waals surface area (Å²) in [5.41, 5.74) is 1.72. The predicted molar refractivity (Wildman–Crippen MR) is 124 cm³/mol. The zero-order valence-corrected chi connectivity index (χ0v) is 18.1. The molecule has 3 aromatic carbocycles. The Kier molecular flexibility index (Phi) is 5.83. The number of carbonyl (C=O) groups is 1. The van der Waals surface area contributed by atoms with Gasteiger partial charge in [-0.1, -0.05) is 47.7 Å². The summed E-state index contributed by atoms with van der Waals surface area (Å²) < 4.78 is 30.4. The van der Waals surface area contributed by atoms with Crippen molar-refractivity contribution in [2.75, 3.05) is 4.72 Å². The Morgan fingerprint density at radius 2 is 1.68 bits per heavy atom. The molecule has 0 bridgehead atoms. The van der Waals surface area contributed by atoms with Crippen molar-refractivity contribution < 1.29 is 13.2 Å². The first-order chi connectivity index (χ1) is 15.0. The molecule has 1 aromatic heterocycles. The Balaban J connectivity index is 1.60. The summed E-state index contributed by atoms with van der Waals surface area (Å²) >= 11 is 1.43. The van der Waals surface area contributed by atoms with Gasteiger partial charge in [-0.15, -0.1) is 6.58 Å². The van der Waals surface area contributed by atoms with Crippen LogP contribution in [0.25, 0.3) is 10.2 Å². The quantitative estimate of drug-likeness (QED) is 0.442. The van der Waals surface area contributed by atoms with Gasteiger partial charge in [-0.3, -0.25) is 9.52 Å². The highest BCUT2D eigenvalue weighted by atomic mass is 32.2. The van der Waals surface area contributed by atoms with Gasteiger partial charge in [0.05, 0.1) is 15.1 Å². The van der Waals surface area contributed by atoms with Crippen molar-refractivity contribution in [1.29, 1.82) is 0 Å². The molecular weight excluding hydrogens is 430 g/mol. The number of allylic oxidation sites excluding steroid dienone is 1. The number of rotatable bonds is 6. The van der Waals surface area contributed by atoms with Gasteiger partial charge in [-0.2, -0.15) is 4.99 Å². The number of hydrogen-bond acceptors (Lipinski definition) is 4. The van der Waals surface area contributed by atoms with E-state index in [4.69, 9.17) is 0 Å². The molecule has 6 nitrogen and oxygen atoms in total. The lowest BCUT2D eigenvalue weighted by atomic mass is 10.2. The number of hydrogen-bond donors (Lipinski definition) is 1. The zero-order chi connectivity index (χ0) is 21.8. The Labute approximate surface area is 183 Å². The van der Waals surface area contributed by atoms with Crippen LogP contribution in [0.3, 0.4) is 0 Å². The predicted octanol–water partition coefficient (Wildman–Crippen LogP) is 4.43. The molecule has 0 aliphatic rings. The van der Waals surface area contributed by atoms with E-state index in [2.05, 4.69) is 16.3 Å². The second kappa shape index (κ2) is 8.71. The SMILES string of the molecule is C=CCn1c(=NC(=O)c2ccc(NS(=O)(=O)c3ccccc3)cc2)sc2ccccc21. The maximum Gasteiger partial charge on any atom is 0.279 e. The molecule has 8 heteroatoms. The minimum absolute atomic E-state index is 0.168. The summed E-state index contributed by atoms with van der Waals surface area (Å²) in [6.07, 6.45) is 1.76. The molecule has 156 valence electrons. The van der Waals surface area contributed by atoms with E-state index >= 15 is 0 Å². The number of aromatic nitrogens is 1. The van der Waals surface area contributed by atoms with E-state index < -0.39 is 15.9 Å². The zero-order valence-electron chi connectivity index (χ0n) is 16.4. The first-order valence-electron chi connectivity index (χ1n) is 9.44. The van der Waals surface area contributed by atoms with Crippen molar-refractivity contribution in [3.63, 3.8) is 0 Å². The molecule has 4 aromatic rings. The van der Waals surface area contributed by atoms with E-state index in [0.29, 0.717) is 22.6 Å². The van der Waals surface area contributed by atoms with Crippen LogP contribution in [0, 0.1) is 0 Å². The number of nitrogens with one attached hydrogen (secondary N) is 1. The maximum absolute atomic E-state index is 12.7. The van der Waals surface area contributed by atoms with Gasteiger partial charge in [-0.25, -0.2) is 8.42 Å². The molecule has 0 saturated heterocycles. The molecule has 31 heavy (non-hydrogen) atoms. The van der Waals surface area contributed by atoms with Crippen molar-refractivity contribution in [1.82, 2.24) is 4.57 Å². The molecule has 0 atom stereocenters. The molecule has 4 rings (SSSR count). The monoisotopic (exact) mass is 449 g/mol. The lowest BCUT2D eigenvalue weighted by molar-refractivity contribution is 0.0998. The molecule has 0 radical (unpaired) electrons. The van der Waals surface area contributed by atoms with Crippen molar-refractivity contribution in [2.24, 2.45) is 4.99 Å². The Hall–Kier alpha value is -3.49. The lowest BCUT2D eigenvalue weighted by Crippen LogP contribution is -2.16. The molecular formula is C23H19N3O3S2. The summed E-state index contributed by atoms with van der Waals surface area (Å²) in [4.78, 5) is 17.8. The highest BCUT2D eigenvalue weighted by molar-refractivity contribution is 7.92. The van der Waals surface area contributed by atoms with Crippen LogP contribution in [-0.4, -0.2) is 18.9 Å². The standard InChI is InChI=1S/C23H19N3O3S2/c1-2-16-26-20-10-6-7-11-21(20)30-23(26)24-22(27)17-12-14-18(15-13-17)25-31(28,29)19-8-4-3-5-9-19/h2-15,25H,1,16H2. The summed E-state index contributed by atoms with van der Waals surface area (Å²) in [6.45, 7) is 4.32. The van der Waals surface area contributed by atoms with Crippen LogP contribution in [-0.2, 0) is 16.6 Å². The van der Waals surface area contributed by atoms with E-state index in [1.54, 1.807) is 48.5 Å². The highest BCUT2D eigenvalue weighted by Gasteiger charge is 2.14. The number of anilines is 1. The minimum Gasteiger partial charge on any atom is -0.312 e. The second-order valence-corrected chi connectivity index (χ2v) is 9.36. The van der Waals surface area contributed by atoms with Crippen LogP contribution in [0.1, 0.15) is 10.4 Å². The van der Waals surface area contributed by atoms with Gasteiger partial charge in [0.15, 0.2) is 4.80 Å². The van der Waals surface area contributed by atoms with E-state index in [-0.39, 0.29) is 4.90 Å². The van der Waals surface area contributed by atoms with Crippen molar-refractivity contribution in [2.45, 2.75) is 11.4 Å². The third kappa shape index (κ3) is 4.50. The third-order valence-corrected chi connectivity index (χ3v) is 6.99. The third-order valence-electron chi connectivity index (χ3n) is 4.53. The number of thiazole rings is 1. The summed E-state index contributed by atoms with van der Waals surface area (Å²) in [5.74, 6) is -0.401. The maximum atomic E-state index is 12.7. The van der Waals surface area contributed by atoms with Crippen molar-refractivity contribution in [3.8, 4) is 0 Å². The number of carbonyl (C=O) groups excluding carboxylic acids is 1. The fourth-order valence-corrected chi connectivity index (χ4v) is 5.18. The number of fused-ring (bicyclic) bond motifs is 1. The minimum atomic E-state index is -3.69. The number of nitrogens with zero attached hydrogens (tertiary/aromatic N) is 2. The Bertz CT molecular complexity index is 1420. The average molecular weight is 450 g/mol. The van der Waals surface area contributed by atoms with Crippen LogP contribution >= 0.6 is 11.3 Å². The molecule has 0 fully saturated rings. The molecule has 0 saturated carbocycles. The van der Waals surface area contributed by atoms with E-state index in [1.807, 2.05) is 28.8 Å². The number of para-hydroxylation sites is 1. The lowest BCUT2D eigenvalue weighted by Gasteiger charge is -2.08. The van der Waals surface area contributed by atoms with Crippen molar-refractivity contribution >= 4 is 43.2 Å². The smallest absolute Gasteiger partial charge is 0.279 e. The van der Waals surface area contributed by atoms with Gasteiger partial charge in [0.1, 0.15) is 0 Å². The fourth-order valence-electron chi connectivity index (χ4n) is 3.06. The van der Waals surface area contributed by atoms with Gasteiger partial charge in [0.2, 0.25) is 0 Å². The van der Waals surface area contributed by atoms with Gasteiger partial charge in [0, 0.05) is 17.8 Å². The van der Waals surface area contributed by atoms with Crippen LogP contribution in [0.2, 0.25) is 0 Å². The first kappa shape index (κ1) is 20.8. The largest absolute Gasteiger partial charge is 0.312 e. The van der Waals surface area contributed by atoms with Gasteiger partial charge in [-0.05, 0) is 48.5 Å². The van der Waals surface area contributed by atoms with Crippen LogP contribution < -0.4 is 9.52 Å². The molecule has 1 heterocycles. The van der Waals surface area contributed by atoms with Crippen LogP contribution in [0.4, 0.5) is 5.69 Å². The van der Waals surface area contributed by atoms with Gasteiger partial charge >= 0.3 is 0 Å². The normalized spacial score (nSPS) is 12.1. The molecule has 1 N–H and O–H groups in total. The Morgan fingerprint density at radius 3 is 2.39 bits per heavy atom. The summed E-state index contributed by atoms with van der Waals surface area (Å²) in [7, 11) is -3.69. The number of benzene rings is 3. The molecule has 1 amide bonds. The van der Waals surface area contributed by atoms with E-state index in [1.165, 1.54) is 23.5 Å². The molecule has 0 aliphatic carbocycles. The average Bonchev–Trinajstić information content (AvgIpc) is 3.12. The second-order valence-electron chi connectivity index (χ2n) is 6.66. The summed E-state index contributed by atoms with van der Waals surface area (Å²) in [5, 5.41) is 0. The molecule has 0 spiro atoms. The number of amides is 1. The summed E-state index contributed by atoms with van der Waals surface area (Å²) in [6, 6.07) is 22.1. The van der Waals surface area contributed by atoms with E-state index in [0.717, 1.165) is 10.2 Å². The number of sulfonamides is 1. The van der Waals surface area contributed by atoms with Crippen molar-refractivity contribution in [3.05, 3.63) is 102 Å². The molecule has 0 unspecified atom stereocenters. The van der Waals surface area contributed by atoms with Gasteiger partial charge < -0.3 is 4.57 Å². The molecule has 0 aliphatic heterocycles. The first-order valence-corrected chi connectivity index (χ1v) is 11.7. The van der Waals surface area contributed by atoms with Gasteiger partial charge in [0.25, 0.3) is 15.9 Å². The topological polar surface area (TPSA) is 80.5 Å².